The number of nitrogens with zero attached hydrogens (tertiary/aromatic N) is 1. The first-order valence-corrected chi connectivity index (χ1v) is 5.85. The van der Waals surface area contributed by atoms with E-state index < -0.39 is 0 Å². The lowest BCUT2D eigenvalue weighted by Crippen LogP contribution is -2.26. The number of pyridine rings is 1. The van der Waals surface area contributed by atoms with Gasteiger partial charge in [-0.25, -0.2) is 0 Å². The number of rotatable bonds is 5. The Bertz CT molecular complexity index is 413. The Morgan fingerprint density at radius 1 is 1.39 bits per heavy atom. The molecule has 5 heteroatoms. The van der Waals surface area contributed by atoms with Crippen molar-refractivity contribution in [3.05, 3.63) is 29.6 Å². The third kappa shape index (κ3) is 4.16. The van der Waals surface area contributed by atoms with Crippen molar-refractivity contribution in [3.63, 3.8) is 0 Å². The topological polar surface area (TPSA) is 68.3 Å². The maximum absolute atomic E-state index is 11.7. The largest absolute Gasteiger partial charge is 0.469 e. The molecule has 1 amide bonds. The molecule has 0 bridgehead atoms. The molecule has 0 aliphatic rings. The zero-order valence-electron chi connectivity index (χ0n) is 10.9. The van der Waals surface area contributed by atoms with Gasteiger partial charge in [0.1, 0.15) is 0 Å². The van der Waals surface area contributed by atoms with E-state index in [1.807, 2.05) is 19.9 Å². The Labute approximate surface area is 107 Å². The fraction of sp³-hybridized carbons (Fsp3) is 0.462. The molecule has 1 N–H and O–H groups in total. The van der Waals surface area contributed by atoms with Crippen molar-refractivity contribution in [1.29, 1.82) is 0 Å². The van der Waals surface area contributed by atoms with E-state index in [0.717, 1.165) is 5.69 Å². The van der Waals surface area contributed by atoms with Crippen molar-refractivity contribution in [3.8, 4) is 0 Å². The smallest absolute Gasteiger partial charge is 0.307 e. The quantitative estimate of drug-likeness (QED) is 0.804. The van der Waals surface area contributed by atoms with Crippen LogP contribution < -0.4 is 5.32 Å². The van der Waals surface area contributed by atoms with Crippen molar-refractivity contribution in [1.82, 2.24) is 10.3 Å². The molecule has 1 aromatic heterocycles. The van der Waals surface area contributed by atoms with Gasteiger partial charge in [0.2, 0.25) is 0 Å². The van der Waals surface area contributed by atoms with Gasteiger partial charge in [-0.1, -0.05) is 13.8 Å². The second-order valence-electron chi connectivity index (χ2n) is 4.21. The van der Waals surface area contributed by atoms with Crippen LogP contribution in [0.1, 0.15) is 42.2 Å². The summed E-state index contributed by atoms with van der Waals surface area (Å²) in [5.41, 5.74) is 1.44. The van der Waals surface area contributed by atoms with Crippen molar-refractivity contribution in [2.45, 2.75) is 26.2 Å². The van der Waals surface area contributed by atoms with Crippen LogP contribution in [0.3, 0.4) is 0 Å². The van der Waals surface area contributed by atoms with Gasteiger partial charge in [-0.05, 0) is 18.1 Å². The van der Waals surface area contributed by atoms with E-state index in [1.54, 1.807) is 12.3 Å². The van der Waals surface area contributed by atoms with Crippen LogP contribution in [0.25, 0.3) is 0 Å². The molecule has 5 nitrogen and oxygen atoms in total. The number of carbonyl (C=O) groups excluding carboxylic acids is 2. The highest BCUT2D eigenvalue weighted by atomic mass is 16.5. The van der Waals surface area contributed by atoms with E-state index in [2.05, 4.69) is 15.0 Å². The van der Waals surface area contributed by atoms with Crippen LogP contribution >= 0.6 is 0 Å². The SMILES string of the molecule is COC(=O)CCNC(=O)c1ccc(C(C)C)nc1. The molecule has 0 saturated carbocycles. The summed E-state index contributed by atoms with van der Waals surface area (Å²) in [6.45, 7) is 4.34. The van der Waals surface area contributed by atoms with E-state index in [-0.39, 0.29) is 24.8 Å². The first-order chi connectivity index (χ1) is 8.54. The normalized spacial score (nSPS) is 10.2. The van der Waals surface area contributed by atoms with E-state index in [0.29, 0.717) is 11.5 Å². The molecule has 1 rings (SSSR count). The first kappa shape index (κ1) is 14.2. The highest BCUT2D eigenvalue weighted by molar-refractivity contribution is 5.94. The Kier molecular flexibility index (Phi) is 5.30. The third-order valence-corrected chi connectivity index (χ3v) is 2.48. The number of esters is 1. The van der Waals surface area contributed by atoms with E-state index in [4.69, 9.17) is 0 Å². The van der Waals surface area contributed by atoms with Crippen LogP contribution in [-0.2, 0) is 9.53 Å². The van der Waals surface area contributed by atoms with Gasteiger partial charge in [0, 0.05) is 18.4 Å². The number of carbonyl (C=O) groups is 2. The summed E-state index contributed by atoms with van der Waals surface area (Å²) in [7, 11) is 1.32. The van der Waals surface area contributed by atoms with Gasteiger partial charge in [0.05, 0.1) is 19.1 Å². The first-order valence-electron chi connectivity index (χ1n) is 5.85. The fourth-order valence-electron chi connectivity index (χ4n) is 1.36. The Morgan fingerprint density at radius 3 is 2.61 bits per heavy atom. The third-order valence-electron chi connectivity index (χ3n) is 2.48. The lowest BCUT2D eigenvalue weighted by molar-refractivity contribution is -0.140. The molecular formula is C13H18N2O3. The molecule has 0 unspecified atom stereocenters. The van der Waals surface area contributed by atoms with Crippen LogP contribution in [0.5, 0.6) is 0 Å². The van der Waals surface area contributed by atoms with E-state index in [1.165, 1.54) is 7.11 Å². The van der Waals surface area contributed by atoms with Gasteiger partial charge in [0.25, 0.3) is 5.91 Å². The average Bonchev–Trinajstić information content (AvgIpc) is 2.38. The molecule has 0 saturated heterocycles. The maximum Gasteiger partial charge on any atom is 0.307 e. The molecule has 98 valence electrons. The molecule has 0 spiro atoms. The van der Waals surface area contributed by atoms with Gasteiger partial charge < -0.3 is 10.1 Å². The summed E-state index contributed by atoms with van der Waals surface area (Å²) in [6.07, 6.45) is 1.71. The monoisotopic (exact) mass is 250 g/mol. The highest BCUT2D eigenvalue weighted by Gasteiger charge is 2.08. The van der Waals surface area contributed by atoms with Gasteiger partial charge in [-0.2, -0.15) is 0 Å². The fourth-order valence-corrected chi connectivity index (χ4v) is 1.36. The number of methoxy groups -OCH3 is 1. The van der Waals surface area contributed by atoms with Gasteiger partial charge in [0.15, 0.2) is 0 Å². The van der Waals surface area contributed by atoms with Crippen molar-refractivity contribution in [2.75, 3.05) is 13.7 Å². The predicted octanol–water partition coefficient (Wildman–Crippen LogP) is 1.50. The van der Waals surface area contributed by atoms with Crippen LogP contribution in [0.2, 0.25) is 0 Å². The summed E-state index contributed by atoms with van der Waals surface area (Å²) in [5.74, 6) is -0.244. The van der Waals surface area contributed by atoms with Crippen molar-refractivity contribution < 1.29 is 14.3 Å². The number of amides is 1. The molecule has 18 heavy (non-hydrogen) atoms. The molecule has 0 fully saturated rings. The number of hydrogen-bond acceptors (Lipinski definition) is 4. The van der Waals surface area contributed by atoms with Crippen molar-refractivity contribution in [2.24, 2.45) is 0 Å². The lowest BCUT2D eigenvalue weighted by Gasteiger charge is -2.06. The summed E-state index contributed by atoms with van der Waals surface area (Å²) >= 11 is 0. The maximum atomic E-state index is 11.7. The molecule has 1 aromatic rings. The molecule has 0 aromatic carbocycles. The molecule has 0 aliphatic carbocycles. The van der Waals surface area contributed by atoms with Crippen LogP contribution in [0.4, 0.5) is 0 Å². The number of nitrogens with one attached hydrogen (secondary N) is 1. The number of ether oxygens (including phenoxy) is 1. The minimum absolute atomic E-state index is 0.166. The Hall–Kier alpha value is -1.91. The van der Waals surface area contributed by atoms with Crippen molar-refractivity contribution >= 4 is 11.9 Å². The minimum atomic E-state index is -0.344. The number of hydrogen-bond donors (Lipinski definition) is 1. The zero-order valence-corrected chi connectivity index (χ0v) is 10.9. The Morgan fingerprint density at radius 2 is 2.11 bits per heavy atom. The molecule has 1 heterocycles. The second kappa shape index (κ2) is 6.74. The van der Waals surface area contributed by atoms with Crippen LogP contribution in [0.15, 0.2) is 18.3 Å². The summed E-state index contributed by atoms with van der Waals surface area (Å²) in [4.78, 5) is 26.8. The Balaban J connectivity index is 2.49. The number of aromatic nitrogens is 1. The summed E-state index contributed by atoms with van der Waals surface area (Å²) in [5, 5.41) is 2.63. The minimum Gasteiger partial charge on any atom is -0.469 e. The zero-order chi connectivity index (χ0) is 13.5. The summed E-state index contributed by atoms with van der Waals surface area (Å²) in [6, 6.07) is 3.57. The second-order valence-corrected chi connectivity index (χ2v) is 4.21. The lowest BCUT2D eigenvalue weighted by atomic mass is 10.1. The van der Waals surface area contributed by atoms with Crippen LogP contribution in [-0.4, -0.2) is 30.5 Å². The van der Waals surface area contributed by atoms with E-state index >= 15 is 0 Å². The van der Waals surface area contributed by atoms with Crippen LogP contribution in [0, 0.1) is 0 Å². The molecule has 0 atom stereocenters. The average molecular weight is 250 g/mol. The van der Waals surface area contributed by atoms with Gasteiger partial charge in [-0.15, -0.1) is 0 Å². The molecule has 0 aliphatic heterocycles. The molecular weight excluding hydrogens is 232 g/mol. The standard InChI is InChI=1S/C13H18N2O3/c1-9(2)11-5-4-10(8-15-11)13(17)14-7-6-12(16)18-3/h4-5,8-9H,6-7H2,1-3H3,(H,14,17). The van der Waals surface area contributed by atoms with Gasteiger partial charge in [-0.3, -0.25) is 14.6 Å². The highest BCUT2D eigenvalue weighted by Crippen LogP contribution is 2.11. The van der Waals surface area contributed by atoms with Gasteiger partial charge >= 0.3 is 5.97 Å². The molecule has 0 radical (unpaired) electrons. The summed E-state index contributed by atoms with van der Waals surface area (Å²) < 4.78 is 4.48. The van der Waals surface area contributed by atoms with E-state index in [9.17, 15) is 9.59 Å². The predicted molar refractivity (Wildman–Crippen MR) is 67.3 cm³/mol.